The molecule has 2 heterocycles. The van der Waals surface area contributed by atoms with Gasteiger partial charge in [0.15, 0.2) is 0 Å². The maximum Gasteiger partial charge on any atom is 0.133 e. The molecular formula is C29H37NO4S. The topological polar surface area (TPSA) is 62.2 Å². The van der Waals surface area contributed by atoms with Crippen LogP contribution in [0.1, 0.15) is 31.7 Å². The van der Waals surface area contributed by atoms with E-state index in [0.29, 0.717) is 17.5 Å². The van der Waals surface area contributed by atoms with Crippen LogP contribution in [0.15, 0.2) is 77.7 Å². The molecule has 0 aliphatic carbocycles. The molecule has 188 valence electrons. The van der Waals surface area contributed by atoms with Gasteiger partial charge in [-0.3, -0.25) is 4.90 Å². The Morgan fingerprint density at radius 2 is 1.63 bits per heavy atom. The zero-order valence-electron chi connectivity index (χ0n) is 20.7. The van der Waals surface area contributed by atoms with Gasteiger partial charge >= 0.3 is 0 Å². The molecule has 1 saturated heterocycles. The molecule has 2 N–H and O–H groups in total. The van der Waals surface area contributed by atoms with Crippen molar-refractivity contribution in [3.8, 4) is 23.0 Å². The number of ether oxygens (including phenoxy) is 2. The Bertz CT molecular complexity index is 991. The molecule has 0 radical (unpaired) electrons. The number of aryl methyl sites for hydroxylation is 1. The summed E-state index contributed by atoms with van der Waals surface area (Å²) in [6, 6.07) is 22.7. The van der Waals surface area contributed by atoms with Crippen molar-refractivity contribution in [1.29, 1.82) is 0 Å². The van der Waals surface area contributed by atoms with Gasteiger partial charge in [0.2, 0.25) is 0 Å². The van der Waals surface area contributed by atoms with Crippen molar-refractivity contribution in [2.75, 3.05) is 32.1 Å². The number of aromatic hydroxyl groups is 2. The molecule has 6 heteroatoms. The molecule has 5 rings (SSSR count). The minimum atomic E-state index is 0.307. The fraction of sp³-hybridized carbons (Fsp3) is 0.379. The van der Waals surface area contributed by atoms with Crippen LogP contribution in [0.25, 0.3) is 0 Å². The first-order chi connectivity index (χ1) is 17.0. The van der Waals surface area contributed by atoms with Crippen LogP contribution >= 0.6 is 11.8 Å². The van der Waals surface area contributed by atoms with Crippen molar-refractivity contribution >= 4 is 11.8 Å². The van der Waals surface area contributed by atoms with Gasteiger partial charge in [0.05, 0.1) is 11.5 Å². The third kappa shape index (κ3) is 9.74. The predicted molar refractivity (Wildman–Crippen MR) is 144 cm³/mol. The molecule has 0 spiro atoms. The van der Waals surface area contributed by atoms with Crippen molar-refractivity contribution in [2.24, 2.45) is 0 Å². The molecule has 0 unspecified atom stereocenters. The number of thioether (sulfide) groups is 1. The molecule has 0 amide bonds. The van der Waals surface area contributed by atoms with Crippen LogP contribution in [0.5, 0.6) is 23.0 Å². The summed E-state index contributed by atoms with van der Waals surface area (Å²) in [5.74, 6) is 3.47. The van der Waals surface area contributed by atoms with E-state index in [0.717, 1.165) is 35.4 Å². The van der Waals surface area contributed by atoms with Gasteiger partial charge in [-0.2, -0.15) is 0 Å². The fourth-order valence-corrected chi connectivity index (χ4v) is 4.64. The van der Waals surface area contributed by atoms with Gasteiger partial charge < -0.3 is 19.7 Å². The van der Waals surface area contributed by atoms with Crippen LogP contribution in [0.2, 0.25) is 0 Å². The molecule has 5 nitrogen and oxygen atoms in total. The summed E-state index contributed by atoms with van der Waals surface area (Å²) in [6.07, 6.45) is 4.08. The minimum Gasteiger partial charge on any atom is -0.508 e. The summed E-state index contributed by atoms with van der Waals surface area (Å²) < 4.78 is 11.2. The number of benzene rings is 3. The second-order valence-corrected chi connectivity index (χ2v) is 9.87. The quantitative estimate of drug-likeness (QED) is 0.430. The molecule has 0 aromatic heterocycles. The van der Waals surface area contributed by atoms with Crippen molar-refractivity contribution in [3.63, 3.8) is 0 Å². The monoisotopic (exact) mass is 495 g/mol. The van der Waals surface area contributed by atoms with E-state index < -0.39 is 0 Å². The third-order valence-electron chi connectivity index (χ3n) is 5.81. The van der Waals surface area contributed by atoms with E-state index in [2.05, 4.69) is 43.0 Å². The molecule has 35 heavy (non-hydrogen) atoms. The number of phenolic OH excluding ortho intramolecular Hbond substituents is 2. The number of likely N-dealkylation sites (tertiary alicyclic amines) is 1. The highest BCUT2D eigenvalue weighted by Crippen LogP contribution is 2.35. The lowest BCUT2D eigenvalue weighted by Crippen LogP contribution is -2.40. The lowest BCUT2D eigenvalue weighted by molar-refractivity contribution is 0.125. The Morgan fingerprint density at radius 3 is 2.29 bits per heavy atom. The predicted octanol–water partition coefficient (Wildman–Crippen LogP) is 6.52. The molecule has 2 aliphatic rings. The SMILES string of the molecule is Cc1ccc(OC[C@H](C)N2CCCCC2)cc1.Oc1ccc2c(c1)SCCO2.Oc1ccccc1. The van der Waals surface area contributed by atoms with Crippen LogP contribution in [0.3, 0.4) is 0 Å². The van der Waals surface area contributed by atoms with E-state index in [9.17, 15) is 0 Å². The Morgan fingerprint density at radius 1 is 0.914 bits per heavy atom. The highest BCUT2D eigenvalue weighted by Gasteiger charge is 2.16. The fourth-order valence-electron chi connectivity index (χ4n) is 3.78. The summed E-state index contributed by atoms with van der Waals surface area (Å²) in [4.78, 5) is 3.58. The Balaban J connectivity index is 0.000000162. The first-order valence-corrected chi connectivity index (χ1v) is 13.3. The third-order valence-corrected chi connectivity index (χ3v) is 6.81. The summed E-state index contributed by atoms with van der Waals surface area (Å²) >= 11 is 1.72. The number of fused-ring (bicyclic) bond motifs is 1. The number of nitrogens with zero attached hydrogens (tertiary/aromatic N) is 1. The van der Waals surface area contributed by atoms with E-state index in [1.807, 2.05) is 6.07 Å². The number of para-hydroxylation sites is 1. The smallest absolute Gasteiger partial charge is 0.133 e. The summed E-state index contributed by atoms with van der Waals surface area (Å²) in [5.41, 5.74) is 1.28. The lowest BCUT2D eigenvalue weighted by Gasteiger charge is -2.32. The Kier molecular flexibility index (Phi) is 11.1. The zero-order chi connectivity index (χ0) is 24.9. The maximum atomic E-state index is 9.12. The van der Waals surface area contributed by atoms with Crippen LogP contribution in [0.4, 0.5) is 0 Å². The molecule has 1 fully saturated rings. The summed E-state index contributed by atoms with van der Waals surface area (Å²) in [7, 11) is 0. The summed E-state index contributed by atoms with van der Waals surface area (Å²) in [6.45, 7) is 8.39. The van der Waals surface area contributed by atoms with Crippen LogP contribution in [-0.4, -0.2) is 53.2 Å². The van der Waals surface area contributed by atoms with Crippen molar-refractivity contribution < 1.29 is 19.7 Å². The number of hydrogen-bond acceptors (Lipinski definition) is 6. The largest absolute Gasteiger partial charge is 0.508 e. The van der Waals surface area contributed by atoms with Gasteiger partial charge in [0, 0.05) is 11.8 Å². The molecular weight excluding hydrogens is 458 g/mol. The second-order valence-electron chi connectivity index (χ2n) is 8.73. The molecule has 3 aromatic carbocycles. The summed E-state index contributed by atoms with van der Waals surface area (Å²) in [5, 5.41) is 17.8. The molecule has 0 saturated carbocycles. The van der Waals surface area contributed by atoms with Crippen molar-refractivity contribution in [3.05, 3.63) is 78.4 Å². The van der Waals surface area contributed by atoms with E-state index in [1.165, 1.54) is 37.9 Å². The lowest BCUT2D eigenvalue weighted by atomic mass is 10.1. The van der Waals surface area contributed by atoms with Crippen molar-refractivity contribution in [1.82, 2.24) is 4.90 Å². The molecule has 0 bridgehead atoms. The normalized spacial score (nSPS) is 15.7. The van der Waals surface area contributed by atoms with Gasteiger partial charge in [0.25, 0.3) is 0 Å². The van der Waals surface area contributed by atoms with Crippen molar-refractivity contribution in [2.45, 2.75) is 44.0 Å². The Labute approximate surface area is 213 Å². The highest BCUT2D eigenvalue weighted by molar-refractivity contribution is 7.99. The van der Waals surface area contributed by atoms with E-state index >= 15 is 0 Å². The first kappa shape index (κ1) is 26.8. The second kappa shape index (κ2) is 14.5. The first-order valence-electron chi connectivity index (χ1n) is 12.3. The molecule has 2 aliphatic heterocycles. The number of piperidine rings is 1. The van der Waals surface area contributed by atoms with Gasteiger partial charge in [-0.1, -0.05) is 42.3 Å². The Hall–Kier alpha value is -2.83. The van der Waals surface area contributed by atoms with Crippen LogP contribution in [-0.2, 0) is 0 Å². The highest BCUT2D eigenvalue weighted by atomic mass is 32.2. The minimum absolute atomic E-state index is 0.307. The molecule has 3 aromatic rings. The van der Waals surface area contributed by atoms with Gasteiger partial charge in [-0.15, -0.1) is 11.8 Å². The number of hydrogen-bond donors (Lipinski definition) is 2. The van der Waals surface area contributed by atoms with Crippen LogP contribution < -0.4 is 9.47 Å². The number of phenols is 2. The average Bonchev–Trinajstić information content (AvgIpc) is 2.90. The zero-order valence-corrected chi connectivity index (χ0v) is 21.5. The molecule has 1 atom stereocenters. The van der Waals surface area contributed by atoms with E-state index in [1.54, 1.807) is 54.2 Å². The van der Waals surface area contributed by atoms with Gasteiger partial charge in [-0.05, 0) is 82.2 Å². The average molecular weight is 496 g/mol. The van der Waals surface area contributed by atoms with Crippen LogP contribution in [0, 0.1) is 6.92 Å². The van der Waals surface area contributed by atoms with E-state index in [4.69, 9.17) is 19.7 Å². The van der Waals surface area contributed by atoms with Gasteiger partial charge in [-0.25, -0.2) is 0 Å². The number of rotatable bonds is 4. The standard InChI is InChI=1S/C15H23NO.C8H8O2S.C6H6O/c1-13-6-8-15(9-7-13)17-12-14(2)16-10-4-3-5-11-16;9-6-1-2-7-8(5-6)11-4-3-10-7;7-6-4-2-1-3-5-6/h6-9,14H,3-5,10-12H2,1-2H3;1-2,5,9H,3-4H2;1-5,7H/t14-;;/m0../s1. The van der Waals surface area contributed by atoms with Gasteiger partial charge in [0.1, 0.15) is 29.6 Å². The maximum absolute atomic E-state index is 9.12. The van der Waals surface area contributed by atoms with E-state index in [-0.39, 0.29) is 0 Å².